The van der Waals surface area contributed by atoms with E-state index in [0.29, 0.717) is 6.04 Å². The first-order valence-electron chi connectivity index (χ1n) is 6.54. The number of aromatic nitrogens is 1. The quantitative estimate of drug-likeness (QED) is 0.882. The number of carboxylic acids is 1. The number of hydrogen-bond donors (Lipinski definition) is 2. The van der Waals surface area contributed by atoms with Gasteiger partial charge < -0.3 is 10.4 Å². The van der Waals surface area contributed by atoms with E-state index in [1.54, 1.807) is 0 Å². The van der Waals surface area contributed by atoms with Crippen LogP contribution in [-0.4, -0.2) is 22.1 Å². The Labute approximate surface area is 111 Å². The standard InChI is InChI=1S/C15H16N2O2/c1-9(10-6-7-10)17-14-12-5-3-2-4-11(12)13(8-16-14)15(18)19/h2-5,8-10H,6-7H2,1H3,(H,16,17)(H,18,19). The highest BCUT2D eigenvalue weighted by Gasteiger charge is 2.28. The second-order valence-electron chi connectivity index (χ2n) is 5.14. The summed E-state index contributed by atoms with van der Waals surface area (Å²) < 4.78 is 0. The number of anilines is 1. The molecule has 1 aliphatic carbocycles. The predicted octanol–water partition coefficient (Wildman–Crippen LogP) is 3.14. The van der Waals surface area contributed by atoms with Crippen molar-refractivity contribution in [3.63, 3.8) is 0 Å². The van der Waals surface area contributed by atoms with Crippen LogP contribution < -0.4 is 5.32 Å². The van der Waals surface area contributed by atoms with E-state index in [9.17, 15) is 9.90 Å². The normalized spacial score (nSPS) is 16.3. The zero-order chi connectivity index (χ0) is 13.4. The summed E-state index contributed by atoms with van der Waals surface area (Å²) in [6.07, 6.45) is 3.96. The maximum absolute atomic E-state index is 11.2. The predicted molar refractivity (Wildman–Crippen MR) is 74.5 cm³/mol. The zero-order valence-corrected chi connectivity index (χ0v) is 10.8. The molecule has 1 aromatic carbocycles. The van der Waals surface area contributed by atoms with Crippen LogP contribution in [0.5, 0.6) is 0 Å². The number of carboxylic acid groups (broad SMARTS) is 1. The molecule has 0 amide bonds. The Morgan fingerprint density at radius 3 is 2.68 bits per heavy atom. The van der Waals surface area contributed by atoms with Crippen molar-refractivity contribution in [1.29, 1.82) is 0 Å². The molecule has 3 rings (SSSR count). The number of pyridine rings is 1. The molecule has 0 spiro atoms. The number of carbonyl (C=O) groups is 1. The van der Waals surface area contributed by atoms with Crippen molar-refractivity contribution in [1.82, 2.24) is 4.98 Å². The van der Waals surface area contributed by atoms with Gasteiger partial charge in [0.2, 0.25) is 0 Å². The number of benzene rings is 1. The van der Waals surface area contributed by atoms with Gasteiger partial charge in [0.1, 0.15) is 5.82 Å². The van der Waals surface area contributed by atoms with Gasteiger partial charge in [-0.2, -0.15) is 0 Å². The highest BCUT2D eigenvalue weighted by Crippen LogP contribution is 2.35. The third-order valence-corrected chi connectivity index (χ3v) is 3.72. The first kappa shape index (κ1) is 12.0. The minimum Gasteiger partial charge on any atom is -0.478 e. The van der Waals surface area contributed by atoms with E-state index < -0.39 is 5.97 Å². The molecule has 1 atom stereocenters. The zero-order valence-electron chi connectivity index (χ0n) is 10.8. The SMILES string of the molecule is CC(Nc1ncc(C(=O)O)c2ccccc12)C1CC1. The molecule has 1 heterocycles. The number of nitrogens with one attached hydrogen (secondary N) is 1. The summed E-state index contributed by atoms with van der Waals surface area (Å²) in [6, 6.07) is 7.88. The molecule has 19 heavy (non-hydrogen) atoms. The Bertz CT molecular complexity index is 635. The summed E-state index contributed by atoms with van der Waals surface area (Å²) >= 11 is 0. The van der Waals surface area contributed by atoms with Gasteiger partial charge in [0.25, 0.3) is 0 Å². The fourth-order valence-electron chi connectivity index (χ4n) is 2.41. The molecule has 1 aromatic heterocycles. The lowest BCUT2D eigenvalue weighted by Crippen LogP contribution is -2.18. The van der Waals surface area contributed by atoms with Crippen molar-refractivity contribution in [2.45, 2.75) is 25.8 Å². The van der Waals surface area contributed by atoms with Crippen LogP contribution in [0.3, 0.4) is 0 Å². The van der Waals surface area contributed by atoms with Gasteiger partial charge in [0.15, 0.2) is 0 Å². The molecule has 0 aliphatic heterocycles. The minimum atomic E-state index is -0.939. The molecule has 2 aromatic rings. The first-order chi connectivity index (χ1) is 9.16. The summed E-state index contributed by atoms with van der Waals surface area (Å²) in [5.74, 6) is 0.560. The van der Waals surface area contributed by atoms with E-state index in [4.69, 9.17) is 0 Å². The Morgan fingerprint density at radius 2 is 2.05 bits per heavy atom. The molecule has 1 fully saturated rings. The summed E-state index contributed by atoms with van der Waals surface area (Å²) in [4.78, 5) is 15.5. The lowest BCUT2D eigenvalue weighted by Gasteiger charge is -2.16. The molecule has 0 bridgehead atoms. The van der Waals surface area contributed by atoms with Crippen LogP contribution >= 0.6 is 0 Å². The average molecular weight is 256 g/mol. The fourth-order valence-corrected chi connectivity index (χ4v) is 2.41. The Kier molecular flexibility index (Phi) is 2.85. The summed E-state index contributed by atoms with van der Waals surface area (Å²) in [7, 11) is 0. The van der Waals surface area contributed by atoms with Gasteiger partial charge in [-0.25, -0.2) is 9.78 Å². The smallest absolute Gasteiger partial charge is 0.337 e. The monoisotopic (exact) mass is 256 g/mol. The second-order valence-corrected chi connectivity index (χ2v) is 5.14. The van der Waals surface area contributed by atoms with E-state index in [1.165, 1.54) is 19.0 Å². The fraction of sp³-hybridized carbons (Fsp3) is 0.333. The minimum absolute atomic E-state index is 0.250. The molecule has 4 nitrogen and oxygen atoms in total. The molecular formula is C15H16N2O2. The molecule has 0 saturated heterocycles. The van der Waals surface area contributed by atoms with Crippen LogP contribution in [0.4, 0.5) is 5.82 Å². The van der Waals surface area contributed by atoms with Crippen LogP contribution in [0, 0.1) is 5.92 Å². The van der Waals surface area contributed by atoms with Gasteiger partial charge in [0.05, 0.1) is 5.56 Å². The maximum Gasteiger partial charge on any atom is 0.337 e. The van der Waals surface area contributed by atoms with Crippen molar-refractivity contribution < 1.29 is 9.90 Å². The molecule has 0 radical (unpaired) electrons. The molecule has 1 saturated carbocycles. The van der Waals surface area contributed by atoms with E-state index in [-0.39, 0.29) is 5.56 Å². The maximum atomic E-state index is 11.2. The van der Waals surface area contributed by atoms with Crippen LogP contribution in [0.2, 0.25) is 0 Å². The van der Waals surface area contributed by atoms with Gasteiger partial charge in [-0.15, -0.1) is 0 Å². The first-order valence-corrected chi connectivity index (χ1v) is 6.54. The Balaban J connectivity index is 2.05. The van der Waals surface area contributed by atoms with Crippen molar-refractivity contribution in [2.75, 3.05) is 5.32 Å². The van der Waals surface area contributed by atoms with Crippen LogP contribution in [0.1, 0.15) is 30.1 Å². The molecule has 1 unspecified atom stereocenters. The third kappa shape index (κ3) is 2.26. The van der Waals surface area contributed by atoms with E-state index in [1.807, 2.05) is 24.3 Å². The largest absolute Gasteiger partial charge is 0.478 e. The van der Waals surface area contributed by atoms with Gasteiger partial charge >= 0.3 is 5.97 Å². The number of aromatic carboxylic acids is 1. The molecular weight excluding hydrogens is 240 g/mol. The lowest BCUT2D eigenvalue weighted by molar-refractivity contribution is 0.0698. The number of hydrogen-bond acceptors (Lipinski definition) is 3. The number of nitrogens with zero attached hydrogens (tertiary/aromatic N) is 1. The summed E-state index contributed by atoms with van der Waals surface area (Å²) in [6.45, 7) is 2.15. The summed E-state index contributed by atoms with van der Waals surface area (Å²) in [5, 5.41) is 14.2. The highest BCUT2D eigenvalue weighted by molar-refractivity contribution is 6.06. The van der Waals surface area contributed by atoms with Gasteiger partial charge in [-0.3, -0.25) is 0 Å². The molecule has 4 heteroatoms. The van der Waals surface area contributed by atoms with Crippen molar-refractivity contribution in [3.8, 4) is 0 Å². The van der Waals surface area contributed by atoms with Gasteiger partial charge in [0, 0.05) is 23.0 Å². The van der Waals surface area contributed by atoms with Crippen molar-refractivity contribution in [2.24, 2.45) is 5.92 Å². The average Bonchev–Trinajstić information content (AvgIpc) is 3.23. The van der Waals surface area contributed by atoms with Crippen LogP contribution in [0.25, 0.3) is 10.8 Å². The molecule has 1 aliphatic rings. The molecule has 98 valence electrons. The van der Waals surface area contributed by atoms with E-state index in [2.05, 4.69) is 17.2 Å². The van der Waals surface area contributed by atoms with E-state index >= 15 is 0 Å². The summed E-state index contributed by atoms with van der Waals surface area (Å²) in [5.41, 5.74) is 0.250. The lowest BCUT2D eigenvalue weighted by atomic mass is 10.1. The van der Waals surface area contributed by atoms with E-state index in [0.717, 1.165) is 22.5 Å². The number of rotatable bonds is 4. The second kappa shape index (κ2) is 4.53. The third-order valence-electron chi connectivity index (χ3n) is 3.72. The van der Waals surface area contributed by atoms with Crippen molar-refractivity contribution in [3.05, 3.63) is 36.0 Å². The van der Waals surface area contributed by atoms with Gasteiger partial charge in [-0.1, -0.05) is 24.3 Å². The topological polar surface area (TPSA) is 62.2 Å². The Morgan fingerprint density at radius 1 is 1.37 bits per heavy atom. The highest BCUT2D eigenvalue weighted by atomic mass is 16.4. The van der Waals surface area contributed by atoms with Gasteiger partial charge in [-0.05, 0) is 25.7 Å². The van der Waals surface area contributed by atoms with Crippen LogP contribution in [0.15, 0.2) is 30.5 Å². The number of fused-ring (bicyclic) bond motifs is 1. The molecule has 2 N–H and O–H groups in total. The van der Waals surface area contributed by atoms with Crippen LogP contribution in [-0.2, 0) is 0 Å². The van der Waals surface area contributed by atoms with Crippen molar-refractivity contribution >= 4 is 22.6 Å². The Hall–Kier alpha value is -2.10.